The first-order valence-electron chi connectivity index (χ1n) is 9.57. The van der Waals surface area contributed by atoms with E-state index in [4.69, 9.17) is 5.11 Å². The fraction of sp³-hybridized carbons (Fsp3) is 0.526. The molecule has 1 saturated heterocycles. The number of carbonyl (C=O) groups excluding carboxylic acids is 1. The van der Waals surface area contributed by atoms with Gasteiger partial charge in [-0.2, -0.15) is 4.40 Å². The van der Waals surface area contributed by atoms with Gasteiger partial charge in [-0.1, -0.05) is 30.0 Å². The van der Waals surface area contributed by atoms with Gasteiger partial charge >= 0.3 is 5.97 Å². The second kappa shape index (κ2) is 7.65. The van der Waals surface area contributed by atoms with E-state index in [0.29, 0.717) is 5.57 Å². The Kier molecular flexibility index (Phi) is 5.43. The molecule has 1 amide bonds. The lowest BCUT2D eigenvalue weighted by atomic mass is 9.77. The number of aliphatic carboxylic acids is 1. The van der Waals surface area contributed by atoms with Gasteiger partial charge in [0.05, 0.1) is 29.5 Å². The minimum atomic E-state index is -1.15. The van der Waals surface area contributed by atoms with Crippen molar-refractivity contribution in [2.75, 3.05) is 12.9 Å². The van der Waals surface area contributed by atoms with Gasteiger partial charge in [-0.25, -0.2) is 9.36 Å². The van der Waals surface area contributed by atoms with E-state index in [1.807, 2.05) is 28.3 Å². The van der Waals surface area contributed by atoms with Crippen molar-refractivity contribution >= 4 is 45.4 Å². The lowest BCUT2D eigenvalue weighted by Gasteiger charge is -2.46. The second-order valence-corrected chi connectivity index (χ2v) is 9.57. The van der Waals surface area contributed by atoms with Gasteiger partial charge in [-0.3, -0.25) is 4.79 Å². The van der Waals surface area contributed by atoms with Crippen LogP contribution in [0.3, 0.4) is 0 Å². The molecule has 0 aromatic carbocycles. The molecule has 162 valence electrons. The number of amides is 1. The van der Waals surface area contributed by atoms with E-state index in [9.17, 15) is 24.9 Å². The van der Waals surface area contributed by atoms with Crippen LogP contribution in [-0.4, -0.2) is 72.7 Å². The number of aliphatic hydroxyl groups is 3. The Morgan fingerprint density at radius 1 is 1.40 bits per heavy atom. The van der Waals surface area contributed by atoms with Gasteiger partial charge in [0.2, 0.25) is 15.8 Å². The number of aromatic nitrogens is 2. The van der Waals surface area contributed by atoms with Crippen LogP contribution in [0.15, 0.2) is 23.2 Å². The average Bonchev–Trinajstić information content (AvgIpc) is 3.28. The summed E-state index contributed by atoms with van der Waals surface area (Å²) in [5, 5.41) is 39.7. The number of fused-ring (bicyclic) bond motifs is 2. The van der Waals surface area contributed by atoms with Crippen LogP contribution < -0.4 is 4.57 Å². The number of imidazole rings is 1. The quantitative estimate of drug-likeness (QED) is 0.264. The molecular weight excluding hydrogens is 430 g/mol. The molecular formula is C19H24N3O6S2+. The van der Waals surface area contributed by atoms with Crippen molar-refractivity contribution in [2.24, 2.45) is 11.8 Å². The molecule has 4 heterocycles. The maximum atomic E-state index is 12.5. The molecule has 30 heavy (non-hydrogen) atoms. The van der Waals surface area contributed by atoms with Crippen molar-refractivity contribution in [2.45, 2.75) is 43.7 Å². The van der Waals surface area contributed by atoms with Crippen molar-refractivity contribution in [3.8, 4) is 0 Å². The number of carboxylic acid groups (broad SMARTS) is 1. The third-order valence-electron chi connectivity index (χ3n) is 5.86. The number of thiazole rings is 1. The zero-order chi connectivity index (χ0) is 21.9. The fourth-order valence-electron chi connectivity index (χ4n) is 4.57. The van der Waals surface area contributed by atoms with Crippen molar-refractivity contribution in [1.29, 1.82) is 0 Å². The van der Waals surface area contributed by atoms with E-state index in [2.05, 4.69) is 0 Å². The van der Waals surface area contributed by atoms with E-state index in [0.717, 1.165) is 14.7 Å². The van der Waals surface area contributed by atoms with Crippen molar-refractivity contribution in [3.63, 3.8) is 0 Å². The number of rotatable bonds is 7. The first kappa shape index (κ1) is 21.3. The predicted octanol–water partition coefficient (Wildman–Crippen LogP) is 0.0166. The fourth-order valence-corrected chi connectivity index (χ4v) is 6.76. The normalized spacial score (nSPS) is 25.6. The predicted molar refractivity (Wildman–Crippen MR) is 110 cm³/mol. The molecule has 2 aliphatic rings. The van der Waals surface area contributed by atoms with E-state index >= 15 is 0 Å². The second-order valence-electron chi connectivity index (χ2n) is 7.74. The zero-order valence-corrected chi connectivity index (χ0v) is 18.4. The Labute approximate surface area is 180 Å². The highest BCUT2D eigenvalue weighted by Crippen LogP contribution is 2.51. The number of nitrogens with zero attached hydrogens (tertiary/aromatic N) is 3. The van der Waals surface area contributed by atoms with Crippen molar-refractivity contribution in [1.82, 2.24) is 9.30 Å². The summed E-state index contributed by atoms with van der Waals surface area (Å²) in [6, 6.07) is -0.357. The Morgan fingerprint density at radius 2 is 2.10 bits per heavy atom. The minimum Gasteiger partial charge on any atom is -0.477 e. The van der Waals surface area contributed by atoms with Gasteiger partial charge in [0.15, 0.2) is 0 Å². The van der Waals surface area contributed by atoms with Gasteiger partial charge in [0, 0.05) is 11.5 Å². The monoisotopic (exact) mass is 454 g/mol. The molecule has 0 aliphatic carbocycles. The van der Waals surface area contributed by atoms with E-state index in [1.54, 1.807) is 13.3 Å². The standard InChI is InChI=1S/C19H23N3O6S2/c1-8-12(15(19(27)28)22-14(8)13(9(2)24)16(22)26)11-5-21-7-20(4-10(25)6-23)17(29-3)18(21)30-11/h5,7-10,13-14,23-25H,4,6H2,1-3H3/p+1/t8-,9+,10?,13+,14+/m0/s1. The van der Waals surface area contributed by atoms with Crippen LogP contribution in [0.25, 0.3) is 10.4 Å². The van der Waals surface area contributed by atoms with Crippen LogP contribution in [0.1, 0.15) is 18.7 Å². The van der Waals surface area contributed by atoms with Gasteiger partial charge in [0.25, 0.3) is 6.33 Å². The highest BCUT2D eigenvalue weighted by molar-refractivity contribution is 7.98. The summed E-state index contributed by atoms with van der Waals surface area (Å²) in [5.41, 5.74) is 0.597. The SMILES string of the molecule is CSc1c2sc(C3=C(C(=O)O)N4C(=O)[C@H]([C@@H](C)O)[C@H]4[C@H]3C)cn2c[n+]1CC(O)CO. The first-order valence-corrected chi connectivity index (χ1v) is 11.6. The van der Waals surface area contributed by atoms with Gasteiger partial charge < -0.3 is 25.3 Å². The molecule has 1 unspecified atom stereocenters. The Balaban J connectivity index is 1.79. The number of carboxylic acids is 1. The largest absolute Gasteiger partial charge is 0.477 e. The molecule has 2 aliphatic heterocycles. The van der Waals surface area contributed by atoms with Gasteiger partial charge in [0.1, 0.15) is 24.5 Å². The molecule has 0 saturated carbocycles. The molecule has 2 aromatic heterocycles. The van der Waals surface area contributed by atoms with E-state index < -0.39 is 24.1 Å². The molecule has 11 heteroatoms. The van der Waals surface area contributed by atoms with Crippen LogP contribution in [0.2, 0.25) is 0 Å². The van der Waals surface area contributed by atoms with E-state index in [-0.39, 0.29) is 36.7 Å². The topological polar surface area (TPSA) is 127 Å². The van der Waals surface area contributed by atoms with Crippen LogP contribution in [0, 0.1) is 11.8 Å². The maximum absolute atomic E-state index is 12.5. The number of aliphatic hydroxyl groups excluding tert-OH is 3. The molecule has 4 N–H and O–H groups in total. The molecule has 0 spiro atoms. The Morgan fingerprint density at radius 3 is 2.67 bits per heavy atom. The number of β-lactam (4-membered cyclic amide) rings is 1. The third-order valence-corrected chi connectivity index (χ3v) is 7.94. The molecule has 0 bridgehead atoms. The summed E-state index contributed by atoms with van der Waals surface area (Å²) in [5.74, 6) is -2.32. The van der Waals surface area contributed by atoms with Gasteiger partial charge in [-0.15, -0.1) is 0 Å². The summed E-state index contributed by atoms with van der Waals surface area (Å²) < 4.78 is 3.73. The smallest absolute Gasteiger partial charge is 0.352 e. The first-order chi connectivity index (χ1) is 14.2. The molecule has 9 nitrogen and oxygen atoms in total. The Hall–Kier alpha value is -1.92. The maximum Gasteiger partial charge on any atom is 0.352 e. The van der Waals surface area contributed by atoms with Gasteiger partial charge in [-0.05, 0) is 13.2 Å². The summed E-state index contributed by atoms with van der Waals surface area (Å²) in [7, 11) is 0. The summed E-state index contributed by atoms with van der Waals surface area (Å²) in [6.45, 7) is 3.37. The van der Waals surface area contributed by atoms with E-state index in [1.165, 1.54) is 28.0 Å². The third kappa shape index (κ3) is 2.99. The summed E-state index contributed by atoms with van der Waals surface area (Å²) >= 11 is 2.92. The van der Waals surface area contributed by atoms with Crippen LogP contribution >= 0.6 is 23.1 Å². The van der Waals surface area contributed by atoms with Crippen LogP contribution in [-0.2, 0) is 16.1 Å². The molecule has 2 aromatic rings. The molecule has 5 atom stereocenters. The summed E-state index contributed by atoms with van der Waals surface area (Å²) in [6.07, 6.45) is 3.84. The number of hydrogen-bond acceptors (Lipinski definition) is 7. The highest BCUT2D eigenvalue weighted by atomic mass is 32.2. The minimum absolute atomic E-state index is 0.00631. The zero-order valence-electron chi connectivity index (χ0n) is 16.7. The number of thioether (sulfide) groups is 1. The lowest BCUT2D eigenvalue weighted by Crippen LogP contribution is -2.63. The van der Waals surface area contributed by atoms with Crippen LogP contribution in [0.4, 0.5) is 0 Å². The summed E-state index contributed by atoms with van der Waals surface area (Å²) in [4.78, 5) is 27.6. The van der Waals surface area contributed by atoms with Crippen LogP contribution in [0.5, 0.6) is 0 Å². The lowest BCUT2D eigenvalue weighted by molar-refractivity contribution is -0.736. The molecule has 0 radical (unpaired) electrons. The molecule has 4 rings (SSSR count). The number of hydrogen-bond donors (Lipinski definition) is 4. The van der Waals surface area contributed by atoms with Crippen molar-refractivity contribution in [3.05, 3.63) is 23.1 Å². The molecule has 1 fully saturated rings. The average molecular weight is 455 g/mol. The highest BCUT2D eigenvalue weighted by Gasteiger charge is 2.60. The Bertz CT molecular complexity index is 1060. The van der Waals surface area contributed by atoms with Crippen molar-refractivity contribution < 1.29 is 34.6 Å². The number of carbonyl (C=O) groups is 2.